The Bertz CT molecular complexity index is 1490. The lowest BCUT2D eigenvalue weighted by Gasteiger charge is -2.24. The molecule has 0 atom stereocenters. The number of Topliss-reactive ketones (excluding diaryl/α,β-unsaturated/α-hetero) is 1. The smallest absolute Gasteiger partial charge is 0.296 e. The molecule has 0 bridgehead atoms. The van der Waals surface area contributed by atoms with Gasteiger partial charge in [0.15, 0.2) is 5.75 Å². The number of nitrogens with one attached hydrogen (secondary N) is 2. The van der Waals surface area contributed by atoms with Crippen molar-refractivity contribution < 1.29 is 27.5 Å². The van der Waals surface area contributed by atoms with E-state index >= 15 is 0 Å². The molecule has 0 aliphatic rings. The highest BCUT2D eigenvalue weighted by Crippen LogP contribution is 2.39. The number of nitrogens with zero attached hydrogens (tertiary/aromatic N) is 1. The summed E-state index contributed by atoms with van der Waals surface area (Å²) < 4.78 is 38.0. The molecular weight excluding hydrogens is 530 g/mol. The van der Waals surface area contributed by atoms with Gasteiger partial charge < -0.3 is 19.7 Å². The number of likely N-dealkylation sites (N-methyl/N-ethyl adjacent to an activating group) is 1. The van der Waals surface area contributed by atoms with Crippen molar-refractivity contribution in [3.63, 3.8) is 0 Å². The number of benzene rings is 3. The molecule has 0 spiro atoms. The third-order valence-corrected chi connectivity index (χ3v) is 7.19. The van der Waals surface area contributed by atoms with Crippen LogP contribution in [-0.4, -0.2) is 64.6 Å². The number of ether oxygens (including phenoxy) is 2. The lowest BCUT2D eigenvalue weighted by Crippen LogP contribution is -2.28. The second-order valence-electron chi connectivity index (χ2n) is 10.5. The number of hydrogen-bond acceptors (Lipinski definition) is 7. The van der Waals surface area contributed by atoms with Gasteiger partial charge in [-0.05, 0) is 53.7 Å². The average molecular weight is 570 g/mol. The fourth-order valence-corrected chi connectivity index (χ4v) is 4.92. The van der Waals surface area contributed by atoms with Crippen LogP contribution < -0.4 is 19.5 Å². The van der Waals surface area contributed by atoms with Gasteiger partial charge in [0.2, 0.25) is 10.0 Å². The highest BCUT2D eigenvalue weighted by atomic mass is 32.2. The molecule has 216 valence electrons. The molecular formula is C30H39N3O6S. The van der Waals surface area contributed by atoms with Crippen LogP contribution >= 0.6 is 0 Å². The van der Waals surface area contributed by atoms with Crippen LogP contribution in [0.15, 0.2) is 48.5 Å². The van der Waals surface area contributed by atoms with Crippen LogP contribution in [0.4, 0.5) is 11.4 Å². The fourth-order valence-electron chi connectivity index (χ4n) is 4.37. The van der Waals surface area contributed by atoms with E-state index in [-0.39, 0.29) is 28.1 Å². The summed E-state index contributed by atoms with van der Waals surface area (Å²) in [4.78, 5) is 29.0. The first-order valence-corrected chi connectivity index (χ1v) is 15.1. The summed E-state index contributed by atoms with van der Waals surface area (Å²) in [6.07, 6.45) is 1.03. The number of amides is 1. The molecule has 0 heterocycles. The standard InChI is InChI=1S/C30H39N3O6S/c1-8-33(9-2)16-17-39-26-15-14-23(21-12-10-11-13-22(21)26)27(34)29(35)31-24-18-20(30(3,4)5)19-25(28(24)38-6)32-40(7,36)37/h10-15,18-19,32H,8-9,16-17H2,1-7H3,(H,31,35). The maximum Gasteiger partial charge on any atom is 0.296 e. The van der Waals surface area contributed by atoms with Gasteiger partial charge in [-0.15, -0.1) is 0 Å². The van der Waals surface area contributed by atoms with E-state index in [0.717, 1.165) is 36.8 Å². The van der Waals surface area contributed by atoms with Gasteiger partial charge in [0.1, 0.15) is 12.4 Å². The second kappa shape index (κ2) is 12.7. The Kier molecular flexibility index (Phi) is 9.81. The predicted molar refractivity (Wildman–Crippen MR) is 160 cm³/mol. The predicted octanol–water partition coefficient (Wildman–Crippen LogP) is 5.06. The van der Waals surface area contributed by atoms with Crippen LogP contribution in [0.2, 0.25) is 0 Å². The second-order valence-corrected chi connectivity index (χ2v) is 12.3. The Balaban J connectivity index is 1.96. The van der Waals surface area contributed by atoms with E-state index in [4.69, 9.17) is 9.47 Å². The Morgan fingerprint density at radius 3 is 2.15 bits per heavy atom. The van der Waals surface area contributed by atoms with Crippen LogP contribution in [-0.2, 0) is 20.2 Å². The van der Waals surface area contributed by atoms with E-state index in [1.54, 1.807) is 36.4 Å². The van der Waals surface area contributed by atoms with Crippen molar-refractivity contribution in [2.45, 2.75) is 40.0 Å². The number of rotatable bonds is 12. The zero-order valence-electron chi connectivity index (χ0n) is 24.3. The first kappa shape index (κ1) is 30.9. The van der Waals surface area contributed by atoms with Crippen molar-refractivity contribution in [2.75, 3.05) is 49.6 Å². The molecule has 3 aromatic carbocycles. The highest BCUT2D eigenvalue weighted by molar-refractivity contribution is 7.92. The maximum absolute atomic E-state index is 13.4. The molecule has 0 aromatic heterocycles. The van der Waals surface area contributed by atoms with E-state index in [1.807, 2.05) is 32.9 Å². The summed E-state index contributed by atoms with van der Waals surface area (Å²) in [5.74, 6) is -0.890. The number of sulfonamides is 1. The minimum atomic E-state index is -3.64. The molecule has 0 fully saturated rings. The van der Waals surface area contributed by atoms with Crippen molar-refractivity contribution in [3.8, 4) is 11.5 Å². The average Bonchev–Trinajstić information content (AvgIpc) is 2.89. The fraction of sp³-hybridized carbons (Fsp3) is 0.400. The number of hydrogen-bond donors (Lipinski definition) is 2. The number of anilines is 2. The minimum absolute atomic E-state index is 0.0985. The third-order valence-electron chi connectivity index (χ3n) is 6.60. The number of carbonyl (C=O) groups excluding carboxylic acids is 2. The van der Waals surface area contributed by atoms with Crippen LogP contribution in [0.3, 0.4) is 0 Å². The molecule has 0 aliphatic carbocycles. The highest BCUT2D eigenvalue weighted by Gasteiger charge is 2.25. The van der Waals surface area contributed by atoms with Crippen LogP contribution in [0, 0.1) is 0 Å². The van der Waals surface area contributed by atoms with Crippen molar-refractivity contribution in [1.82, 2.24) is 4.90 Å². The van der Waals surface area contributed by atoms with Gasteiger partial charge in [-0.3, -0.25) is 14.3 Å². The zero-order chi connectivity index (χ0) is 29.7. The number of carbonyl (C=O) groups is 2. The Morgan fingerprint density at radius 1 is 0.950 bits per heavy atom. The quantitative estimate of drug-likeness (QED) is 0.232. The molecule has 3 aromatic rings. The van der Waals surface area contributed by atoms with Gasteiger partial charge in [0.25, 0.3) is 11.7 Å². The van der Waals surface area contributed by atoms with Gasteiger partial charge in [-0.1, -0.05) is 58.9 Å². The SMILES string of the molecule is CCN(CC)CCOc1ccc(C(=O)C(=O)Nc2cc(C(C)(C)C)cc(NS(C)(=O)=O)c2OC)c2ccccc12. The van der Waals surface area contributed by atoms with Crippen LogP contribution in [0.1, 0.15) is 50.5 Å². The van der Waals surface area contributed by atoms with Crippen molar-refractivity contribution in [2.24, 2.45) is 0 Å². The van der Waals surface area contributed by atoms with Crippen molar-refractivity contribution in [3.05, 3.63) is 59.7 Å². The molecule has 1 amide bonds. The Hall–Kier alpha value is -3.63. The molecule has 2 N–H and O–H groups in total. The van der Waals surface area contributed by atoms with E-state index in [1.165, 1.54) is 7.11 Å². The first-order chi connectivity index (χ1) is 18.8. The van der Waals surface area contributed by atoms with Crippen LogP contribution in [0.25, 0.3) is 10.8 Å². The number of methoxy groups -OCH3 is 1. The number of fused-ring (bicyclic) bond motifs is 1. The third kappa shape index (κ3) is 7.51. The summed E-state index contributed by atoms with van der Waals surface area (Å²) in [5.41, 5.74) is 0.918. The van der Waals surface area contributed by atoms with Crippen molar-refractivity contribution >= 4 is 43.9 Å². The molecule has 9 nitrogen and oxygen atoms in total. The summed E-state index contributed by atoms with van der Waals surface area (Å²) in [5, 5.41) is 3.98. The van der Waals surface area contributed by atoms with Gasteiger partial charge in [-0.25, -0.2) is 8.42 Å². The first-order valence-electron chi connectivity index (χ1n) is 13.2. The molecule has 40 heavy (non-hydrogen) atoms. The van der Waals surface area contributed by atoms with E-state index < -0.39 is 21.7 Å². The Morgan fingerprint density at radius 2 is 1.57 bits per heavy atom. The summed E-state index contributed by atoms with van der Waals surface area (Å²) in [7, 11) is -2.28. The lowest BCUT2D eigenvalue weighted by molar-refractivity contribution is -0.112. The topological polar surface area (TPSA) is 114 Å². The molecule has 3 rings (SSSR count). The van der Waals surface area contributed by atoms with Gasteiger partial charge in [-0.2, -0.15) is 0 Å². The molecule has 0 aliphatic heterocycles. The van der Waals surface area contributed by atoms with E-state index in [9.17, 15) is 18.0 Å². The van der Waals surface area contributed by atoms with E-state index in [0.29, 0.717) is 17.7 Å². The van der Waals surface area contributed by atoms with Gasteiger partial charge in [0, 0.05) is 17.5 Å². The summed E-state index contributed by atoms with van der Waals surface area (Å²) in [6, 6.07) is 13.9. The maximum atomic E-state index is 13.4. The molecule has 10 heteroatoms. The normalized spacial score (nSPS) is 11.9. The minimum Gasteiger partial charge on any atom is -0.492 e. The summed E-state index contributed by atoms with van der Waals surface area (Å²) in [6.45, 7) is 13.2. The van der Waals surface area contributed by atoms with Crippen LogP contribution in [0.5, 0.6) is 11.5 Å². The zero-order valence-corrected chi connectivity index (χ0v) is 25.1. The monoisotopic (exact) mass is 569 g/mol. The van der Waals surface area contributed by atoms with E-state index in [2.05, 4.69) is 28.8 Å². The molecule has 0 saturated carbocycles. The summed E-state index contributed by atoms with van der Waals surface area (Å²) >= 11 is 0. The lowest BCUT2D eigenvalue weighted by atomic mass is 9.86. The van der Waals surface area contributed by atoms with Gasteiger partial charge in [0.05, 0.1) is 24.7 Å². The molecule has 0 unspecified atom stereocenters. The van der Waals surface area contributed by atoms with Gasteiger partial charge >= 0.3 is 0 Å². The Labute approximate surface area is 236 Å². The van der Waals surface area contributed by atoms with Crippen molar-refractivity contribution in [1.29, 1.82) is 0 Å². The number of ketones is 1. The largest absolute Gasteiger partial charge is 0.492 e. The molecule has 0 saturated heterocycles. The molecule has 0 radical (unpaired) electrons.